The molecule has 1 heterocycles. The van der Waals surface area contributed by atoms with Crippen molar-refractivity contribution in [3.05, 3.63) is 54.1 Å². The number of benzene rings is 2. The topological polar surface area (TPSA) is 12.0 Å². The van der Waals surface area contributed by atoms with Crippen LogP contribution in [0, 0.1) is 0 Å². The second-order valence-electron chi connectivity index (χ2n) is 4.11. The van der Waals surface area contributed by atoms with Crippen LogP contribution in [-0.2, 0) is 18.0 Å². The highest BCUT2D eigenvalue weighted by Gasteiger charge is 2.25. The Morgan fingerprint density at radius 1 is 1.00 bits per heavy atom. The number of hydrogen-bond donors (Lipinski definition) is 1. The first-order chi connectivity index (χ1) is 8.17. The fourth-order valence-electron chi connectivity index (χ4n) is 2.10. The SMILES string of the molecule is S=P1(Cl)Cc2ccccc2Nc2ccccc21. The van der Waals surface area contributed by atoms with E-state index in [0.717, 1.165) is 22.8 Å². The van der Waals surface area contributed by atoms with Crippen molar-refractivity contribution in [3.63, 3.8) is 0 Å². The molecule has 17 heavy (non-hydrogen) atoms. The minimum absolute atomic E-state index is 0.768. The largest absolute Gasteiger partial charge is 0.355 e. The van der Waals surface area contributed by atoms with Gasteiger partial charge in [-0.25, -0.2) is 0 Å². The molecule has 0 aromatic heterocycles. The van der Waals surface area contributed by atoms with Gasteiger partial charge in [0.05, 0.1) is 5.39 Å². The highest BCUT2D eigenvalue weighted by molar-refractivity contribution is 8.30. The van der Waals surface area contributed by atoms with Crippen LogP contribution in [0.3, 0.4) is 0 Å². The van der Waals surface area contributed by atoms with Gasteiger partial charge in [0, 0.05) is 22.8 Å². The molecule has 86 valence electrons. The Kier molecular flexibility index (Phi) is 2.74. The van der Waals surface area contributed by atoms with Gasteiger partial charge in [0.15, 0.2) is 0 Å². The maximum absolute atomic E-state index is 6.62. The van der Waals surface area contributed by atoms with Crippen molar-refractivity contribution in [2.45, 2.75) is 6.16 Å². The lowest BCUT2D eigenvalue weighted by Gasteiger charge is -2.14. The summed E-state index contributed by atoms with van der Waals surface area (Å²) in [5.74, 6) is 0. The highest BCUT2D eigenvalue weighted by Crippen LogP contribution is 2.57. The Bertz CT molecular complexity index is 626. The zero-order valence-electron chi connectivity index (χ0n) is 9.06. The fraction of sp³-hybridized carbons (Fsp3) is 0.0769. The maximum atomic E-state index is 6.62. The Labute approximate surface area is 111 Å². The zero-order chi connectivity index (χ0) is 11.9. The predicted octanol–water partition coefficient (Wildman–Crippen LogP) is 4.20. The third kappa shape index (κ3) is 2.01. The summed E-state index contributed by atoms with van der Waals surface area (Å²) in [6, 6.07) is 16.3. The first-order valence-corrected chi connectivity index (χ1v) is 9.29. The Balaban J connectivity index is 2.25. The van der Waals surface area contributed by atoms with Crippen molar-refractivity contribution in [2.24, 2.45) is 0 Å². The van der Waals surface area contributed by atoms with E-state index in [0.29, 0.717) is 0 Å². The van der Waals surface area contributed by atoms with Gasteiger partial charge < -0.3 is 5.32 Å². The standard InChI is InChI=1S/C13H11ClNPS/c14-16(17)9-10-5-1-2-6-11(10)15-12-7-3-4-8-13(12)16/h1-8,15H,9H2. The molecular formula is C13H11ClNPS. The molecule has 2 aromatic rings. The van der Waals surface area contributed by atoms with Crippen LogP contribution in [-0.4, -0.2) is 0 Å². The molecule has 1 aliphatic heterocycles. The van der Waals surface area contributed by atoms with E-state index < -0.39 is 5.39 Å². The van der Waals surface area contributed by atoms with Crippen LogP contribution in [0.25, 0.3) is 0 Å². The second kappa shape index (κ2) is 4.13. The van der Waals surface area contributed by atoms with Crippen molar-refractivity contribution >= 4 is 45.1 Å². The molecule has 1 N–H and O–H groups in total. The molecule has 0 fully saturated rings. The average Bonchev–Trinajstić information content (AvgIpc) is 2.42. The van der Waals surface area contributed by atoms with Crippen molar-refractivity contribution in [1.29, 1.82) is 0 Å². The van der Waals surface area contributed by atoms with Crippen LogP contribution < -0.4 is 10.6 Å². The lowest BCUT2D eigenvalue weighted by Crippen LogP contribution is -2.05. The van der Waals surface area contributed by atoms with Gasteiger partial charge in [-0.2, -0.15) is 0 Å². The fourth-order valence-corrected chi connectivity index (χ4v) is 5.51. The van der Waals surface area contributed by atoms with Gasteiger partial charge in [-0.1, -0.05) is 59.4 Å². The lowest BCUT2D eigenvalue weighted by atomic mass is 10.2. The maximum Gasteiger partial charge on any atom is 0.0721 e. The molecule has 3 rings (SSSR count). The van der Waals surface area contributed by atoms with Gasteiger partial charge >= 0.3 is 0 Å². The number of anilines is 2. The molecule has 2 aromatic carbocycles. The molecule has 0 saturated carbocycles. The number of nitrogens with one attached hydrogen (secondary N) is 1. The summed E-state index contributed by atoms with van der Waals surface area (Å²) in [5, 5.41) is 2.52. The third-order valence-corrected chi connectivity index (χ3v) is 6.66. The highest BCUT2D eigenvalue weighted by atomic mass is 35.7. The van der Waals surface area contributed by atoms with Crippen LogP contribution in [0.4, 0.5) is 11.4 Å². The molecule has 0 amide bonds. The summed E-state index contributed by atoms with van der Waals surface area (Å²) >= 11 is 12.3. The number of rotatable bonds is 0. The molecule has 1 aliphatic rings. The van der Waals surface area contributed by atoms with Gasteiger partial charge in [-0.05, 0) is 17.7 Å². The van der Waals surface area contributed by atoms with Gasteiger partial charge in [0.25, 0.3) is 0 Å². The monoisotopic (exact) mass is 279 g/mol. The Morgan fingerprint density at radius 3 is 2.47 bits per heavy atom. The van der Waals surface area contributed by atoms with Gasteiger partial charge in [0.1, 0.15) is 0 Å². The predicted molar refractivity (Wildman–Crippen MR) is 79.6 cm³/mol. The van der Waals surface area contributed by atoms with E-state index in [2.05, 4.69) is 17.4 Å². The molecule has 1 atom stereocenters. The number of fused-ring (bicyclic) bond motifs is 2. The normalized spacial score (nSPS) is 21.9. The zero-order valence-corrected chi connectivity index (χ0v) is 11.5. The Hall–Kier alpha value is -0.820. The van der Waals surface area contributed by atoms with E-state index in [1.54, 1.807) is 0 Å². The quantitative estimate of drug-likeness (QED) is 0.725. The minimum Gasteiger partial charge on any atom is -0.355 e. The van der Waals surface area contributed by atoms with Gasteiger partial charge in [0.2, 0.25) is 0 Å². The van der Waals surface area contributed by atoms with Crippen molar-refractivity contribution in [3.8, 4) is 0 Å². The van der Waals surface area contributed by atoms with E-state index in [9.17, 15) is 0 Å². The first-order valence-electron chi connectivity index (χ1n) is 5.40. The van der Waals surface area contributed by atoms with Crippen molar-refractivity contribution in [1.82, 2.24) is 0 Å². The molecule has 4 heteroatoms. The average molecular weight is 280 g/mol. The number of hydrogen-bond acceptors (Lipinski definition) is 2. The van der Waals surface area contributed by atoms with E-state index in [-0.39, 0.29) is 0 Å². The second-order valence-corrected chi connectivity index (χ2v) is 10.4. The molecule has 0 aliphatic carbocycles. The van der Waals surface area contributed by atoms with E-state index >= 15 is 0 Å². The Morgan fingerprint density at radius 2 is 1.65 bits per heavy atom. The molecule has 0 spiro atoms. The molecule has 0 saturated heterocycles. The summed E-state index contributed by atoms with van der Waals surface area (Å²) in [4.78, 5) is 0. The van der Waals surface area contributed by atoms with Crippen LogP contribution in [0.5, 0.6) is 0 Å². The van der Waals surface area contributed by atoms with Gasteiger partial charge in [-0.15, -0.1) is 0 Å². The summed E-state index contributed by atoms with van der Waals surface area (Å²) < 4.78 is 0. The van der Waals surface area contributed by atoms with Crippen LogP contribution in [0.15, 0.2) is 48.5 Å². The molecule has 0 bridgehead atoms. The lowest BCUT2D eigenvalue weighted by molar-refractivity contribution is 1.40. The first kappa shape index (κ1) is 11.3. The molecule has 1 unspecified atom stereocenters. The van der Waals surface area contributed by atoms with E-state index in [1.807, 2.05) is 36.4 Å². The third-order valence-electron chi connectivity index (χ3n) is 2.92. The smallest absolute Gasteiger partial charge is 0.0721 e. The summed E-state index contributed by atoms with van der Waals surface area (Å²) in [7, 11) is 0. The van der Waals surface area contributed by atoms with Crippen molar-refractivity contribution in [2.75, 3.05) is 5.32 Å². The van der Waals surface area contributed by atoms with E-state index in [1.165, 1.54) is 5.56 Å². The van der Waals surface area contributed by atoms with E-state index in [4.69, 9.17) is 23.0 Å². The van der Waals surface area contributed by atoms with Gasteiger partial charge in [-0.3, -0.25) is 0 Å². The van der Waals surface area contributed by atoms with Crippen molar-refractivity contribution < 1.29 is 0 Å². The molecule has 0 radical (unpaired) electrons. The summed E-state index contributed by atoms with van der Waals surface area (Å²) in [6.07, 6.45) is 0.768. The molecular weight excluding hydrogens is 269 g/mol. The van der Waals surface area contributed by atoms with Crippen LogP contribution in [0.1, 0.15) is 5.56 Å². The summed E-state index contributed by atoms with van der Waals surface area (Å²) in [6.45, 7) is 0. The summed E-state index contributed by atoms with van der Waals surface area (Å²) in [5.41, 5.74) is 3.38. The van der Waals surface area contributed by atoms with Crippen LogP contribution >= 0.6 is 16.6 Å². The molecule has 1 nitrogen and oxygen atoms in total. The van der Waals surface area contributed by atoms with Crippen LogP contribution in [0.2, 0.25) is 0 Å². The minimum atomic E-state index is -2.01. The number of halogens is 1. The number of para-hydroxylation sites is 2.